The molecule has 0 fully saturated rings. The van der Waals surface area contributed by atoms with E-state index in [2.05, 4.69) is 5.32 Å². The van der Waals surface area contributed by atoms with Crippen LogP contribution < -0.4 is 11.1 Å². The van der Waals surface area contributed by atoms with E-state index in [0.29, 0.717) is 16.6 Å². The van der Waals surface area contributed by atoms with Crippen LogP contribution in [0.2, 0.25) is 0 Å². The molecule has 4 N–H and O–H groups in total. The van der Waals surface area contributed by atoms with Crippen molar-refractivity contribution in [3.8, 4) is 0 Å². The number of thioether (sulfide) groups is 1. The summed E-state index contributed by atoms with van der Waals surface area (Å²) in [5.74, 6) is -0.0586. The molecule has 0 saturated heterocycles. The zero-order valence-corrected chi connectivity index (χ0v) is 12.1. The van der Waals surface area contributed by atoms with Crippen molar-refractivity contribution < 1.29 is 14.1 Å². The van der Waals surface area contributed by atoms with E-state index in [9.17, 15) is 9.00 Å². The lowest BCUT2D eigenvalue weighted by Crippen LogP contribution is -2.34. The molecule has 0 aliphatic heterocycles. The molecule has 0 aromatic carbocycles. The lowest BCUT2D eigenvalue weighted by atomic mass is 10.3. The maximum absolute atomic E-state index is 10.8. The molecule has 0 amide bonds. The van der Waals surface area contributed by atoms with Crippen molar-refractivity contribution in [3.63, 3.8) is 0 Å². The molecular weight excluding hydrogens is 280 g/mol. The number of rotatable bonds is 8. The van der Waals surface area contributed by atoms with E-state index < -0.39 is 22.8 Å². The molecule has 0 aromatic rings. The van der Waals surface area contributed by atoms with Gasteiger partial charge in [-0.2, -0.15) is 0 Å². The molecule has 0 spiro atoms. The van der Waals surface area contributed by atoms with Crippen molar-refractivity contribution in [1.82, 2.24) is 5.32 Å². The Bertz CT molecular complexity index is 287. The van der Waals surface area contributed by atoms with Gasteiger partial charge in [0.1, 0.15) is 10.4 Å². The summed E-state index contributed by atoms with van der Waals surface area (Å²) in [6, 6.07) is -0.887. The Labute approximate surface area is 113 Å². The van der Waals surface area contributed by atoms with Gasteiger partial charge >= 0.3 is 5.97 Å². The average Bonchev–Trinajstić information content (AvgIpc) is 2.24. The zero-order valence-electron chi connectivity index (χ0n) is 9.68. The number of nitrogens with two attached hydrogens (primary N) is 1. The molecule has 0 aliphatic carbocycles. The Kier molecular flexibility index (Phi) is 9.71. The van der Waals surface area contributed by atoms with Crippen molar-refractivity contribution in [2.45, 2.75) is 18.9 Å². The summed E-state index contributed by atoms with van der Waals surface area (Å²) < 4.78 is 11.3. The van der Waals surface area contributed by atoms with Gasteiger partial charge in [0.25, 0.3) is 0 Å². The normalized spacial score (nSPS) is 14.0. The van der Waals surface area contributed by atoms with Crippen LogP contribution in [0.3, 0.4) is 0 Å². The van der Waals surface area contributed by atoms with Crippen LogP contribution in [0.15, 0.2) is 0 Å². The number of nitrogens with one attached hydrogen (secondary N) is 1. The SMILES string of the molecule is C[S@@](=O)CCCCNC(=S)SC[C@@H](N)C(=O)O. The Morgan fingerprint density at radius 3 is 2.76 bits per heavy atom. The van der Waals surface area contributed by atoms with Gasteiger partial charge in [-0.05, 0) is 12.8 Å². The van der Waals surface area contributed by atoms with Gasteiger partial charge < -0.3 is 16.2 Å². The Morgan fingerprint density at radius 2 is 2.24 bits per heavy atom. The number of thiocarbonyl (C=S) groups is 1. The summed E-state index contributed by atoms with van der Waals surface area (Å²) in [5.41, 5.74) is 5.33. The third kappa shape index (κ3) is 10.7. The van der Waals surface area contributed by atoms with E-state index in [1.807, 2.05) is 0 Å². The summed E-state index contributed by atoms with van der Waals surface area (Å²) in [4.78, 5) is 10.4. The minimum Gasteiger partial charge on any atom is -0.480 e. The van der Waals surface area contributed by atoms with Crippen LogP contribution in [0, 0.1) is 0 Å². The lowest BCUT2D eigenvalue weighted by Gasteiger charge is -2.09. The lowest BCUT2D eigenvalue weighted by molar-refractivity contribution is -0.137. The average molecular weight is 298 g/mol. The van der Waals surface area contributed by atoms with Crippen LogP contribution in [-0.4, -0.2) is 50.0 Å². The molecule has 2 atom stereocenters. The summed E-state index contributed by atoms with van der Waals surface area (Å²) >= 11 is 6.24. The molecule has 100 valence electrons. The van der Waals surface area contributed by atoms with Gasteiger partial charge in [-0.1, -0.05) is 24.0 Å². The first-order valence-corrected chi connectivity index (χ1v) is 8.24. The molecule has 0 bridgehead atoms. The fourth-order valence-electron chi connectivity index (χ4n) is 0.909. The number of unbranched alkanes of at least 4 members (excludes halogenated alkanes) is 1. The highest BCUT2D eigenvalue weighted by molar-refractivity contribution is 8.23. The second-order valence-electron chi connectivity index (χ2n) is 3.45. The van der Waals surface area contributed by atoms with Crippen molar-refractivity contribution in [3.05, 3.63) is 0 Å². The number of carboxylic acid groups (broad SMARTS) is 1. The highest BCUT2D eigenvalue weighted by Gasteiger charge is 2.12. The Morgan fingerprint density at radius 1 is 1.59 bits per heavy atom. The molecule has 0 radical (unpaired) electrons. The fourth-order valence-corrected chi connectivity index (χ4v) is 2.50. The van der Waals surface area contributed by atoms with Gasteiger partial charge in [-0.3, -0.25) is 9.00 Å². The summed E-state index contributed by atoms with van der Waals surface area (Å²) in [6.07, 6.45) is 3.46. The number of hydrogen-bond acceptors (Lipinski definition) is 5. The minimum atomic E-state index is -1.02. The second kappa shape index (κ2) is 9.81. The molecule has 17 heavy (non-hydrogen) atoms. The van der Waals surface area contributed by atoms with Gasteiger partial charge in [-0.25, -0.2) is 0 Å². The molecule has 0 rings (SSSR count). The zero-order chi connectivity index (χ0) is 13.3. The predicted molar refractivity (Wildman–Crippen MR) is 76.8 cm³/mol. The summed E-state index contributed by atoms with van der Waals surface area (Å²) in [5, 5.41) is 11.6. The van der Waals surface area contributed by atoms with E-state index in [1.54, 1.807) is 6.26 Å². The van der Waals surface area contributed by atoms with Crippen LogP contribution in [0.4, 0.5) is 0 Å². The number of hydrogen-bond donors (Lipinski definition) is 3. The van der Waals surface area contributed by atoms with Crippen molar-refractivity contribution in [1.29, 1.82) is 0 Å². The number of carboxylic acids is 1. The monoisotopic (exact) mass is 298 g/mol. The van der Waals surface area contributed by atoms with Gasteiger partial charge in [0.2, 0.25) is 0 Å². The smallest absolute Gasteiger partial charge is 0.321 e. The minimum absolute atomic E-state index is 0.264. The van der Waals surface area contributed by atoms with Gasteiger partial charge in [0.05, 0.1) is 0 Å². The highest BCUT2D eigenvalue weighted by Crippen LogP contribution is 2.04. The number of carbonyl (C=O) groups is 1. The van der Waals surface area contributed by atoms with Crippen LogP contribution >= 0.6 is 24.0 Å². The van der Waals surface area contributed by atoms with Crippen molar-refractivity contribution >= 4 is 45.1 Å². The second-order valence-corrected chi connectivity index (χ2v) is 6.71. The van der Waals surface area contributed by atoms with Crippen molar-refractivity contribution in [2.24, 2.45) is 5.73 Å². The standard InChI is InChI=1S/C9H18N2O3S3/c1-17(14)5-3-2-4-11-9(15)16-6-7(10)8(12)13/h7H,2-6,10H2,1H3,(H,11,15)(H,12,13)/t7-,17-/m1/s1. The van der Waals surface area contributed by atoms with Gasteiger partial charge in [0.15, 0.2) is 0 Å². The molecule has 0 unspecified atom stereocenters. The van der Waals surface area contributed by atoms with E-state index in [0.717, 1.165) is 12.8 Å². The topological polar surface area (TPSA) is 92.4 Å². The van der Waals surface area contributed by atoms with E-state index in [-0.39, 0.29) is 5.75 Å². The highest BCUT2D eigenvalue weighted by atomic mass is 32.2. The first-order valence-electron chi connectivity index (χ1n) is 5.12. The van der Waals surface area contributed by atoms with Crippen LogP contribution in [0.5, 0.6) is 0 Å². The maximum atomic E-state index is 10.8. The van der Waals surface area contributed by atoms with E-state index >= 15 is 0 Å². The first kappa shape index (κ1) is 16.8. The van der Waals surface area contributed by atoms with Crippen LogP contribution in [0.1, 0.15) is 12.8 Å². The van der Waals surface area contributed by atoms with Crippen molar-refractivity contribution in [2.75, 3.05) is 24.3 Å². The van der Waals surface area contributed by atoms with Crippen LogP contribution in [0.25, 0.3) is 0 Å². The van der Waals surface area contributed by atoms with Gasteiger partial charge in [0, 0.05) is 35.1 Å². The quantitative estimate of drug-likeness (QED) is 0.434. The van der Waals surface area contributed by atoms with Gasteiger partial charge in [-0.15, -0.1) is 0 Å². The number of aliphatic carboxylic acids is 1. The summed E-state index contributed by atoms with van der Waals surface area (Å²) in [7, 11) is -0.742. The predicted octanol–water partition coefficient (Wildman–Crippen LogP) is 0.165. The summed E-state index contributed by atoms with van der Waals surface area (Å²) in [6.45, 7) is 0.714. The molecular formula is C9H18N2O3S3. The molecule has 0 saturated carbocycles. The molecule has 0 aromatic heterocycles. The van der Waals surface area contributed by atoms with E-state index in [4.69, 9.17) is 23.1 Å². The van der Waals surface area contributed by atoms with Crippen LogP contribution in [-0.2, 0) is 15.6 Å². The molecule has 5 nitrogen and oxygen atoms in total. The maximum Gasteiger partial charge on any atom is 0.321 e. The van der Waals surface area contributed by atoms with E-state index in [1.165, 1.54) is 11.8 Å². The fraction of sp³-hybridized carbons (Fsp3) is 0.778. The third-order valence-corrected chi connectivity index (χ3v) is 4.13. The molecule has 8 heteroatoms. The Hall–Kier alpha value is -0.180. The first-order chi connectivity index (χ1) is 7.93. The molecule has 0 heterocycles. The molecule has 0 aliphatic rings. The Balaban J connectivity index is 3.47. The largest absolute Gasteiger partial charge is 0.480 e. The third-order valence-electron chi connectivity index (χ3n) is 1.84.